The highest BCUT2D eigenvalue weighted by Crippen LogP contribution is 2.31. The van der Waals surface area contributed by atoms with Gasteiger partial charge in [-0.15, -0.1) is 0 Å². The van der Waals surface area contributed by atoms with E-state index in [1.54, 1.807) is 11.0 Å². The Balaban J connectivity index is 2.08. The Kier molecular flexibility index (Phi) is 3.59. The molecule has 0 atom stereocenters. The fraction of sp³-hybridized carbons (Fsp3) is 0.143. The Labute approximate surface area is 133 Å². The Morgan fingerprint density at radius 1 is 1.15 bits per heavy atom. The first-order valence-electron chi connectivity index (χ1n) is 5.95. The Bertz CT molecular complexity index is 785. The maximum atomic E-state index is 14.0. The standard InChI is InChI=1S/C14H11FIN3S/c1-19(2)11-5-3-8(7-9(11)15)13-17-10-4-6-12(16)18-14(10)20-13/h3-7H,1-2H3. The summed E-state index contributed by atoms with van der Waals surface area (Å²) in [6.07, 6.45) is 0. The highest BCUT2D eigenvalue weighted by Gasteiger charge is 2.11. The summed E-state index contributed by atoms with van der Waals surface area (Å²) in [5, 5.41) is 0.790. The van der Waals surface area contributed by atoms with E-state index in [2.05, 4.69) is 32.6 Å². The van der Waals surface area contributed by atoms with Crippen LogP contribution in [-0.4, -0.2) is 24.1 Å². The molecule has 102 valence electrons. The minimum Gasteiger partial charge on any atom is -0.375 e. The number of anilines is 1. The van der Waals surface area contributed by atoms with Crippen molar-refractivity contribution >= 4 is 50.0 Å². The molecule has 0 bridgehead atoms. The maximum Gasteiger partial charge on any atom is 0.147 e. The molecule has 0 amide bonds. The number of pyridine rings is 1. The molecule has 0 spiro atoms. The number of fused-ring (bicyclic) bond motifs is 1. The molecule has 0 N–H and O–H groups in total. The molecule has 2 heterocycles. The zero-order chi connectivity index (χ0) is 14.3. The summed E-state index contributed by atoms with van der Waals surface area (Å²) >= 11 is 3.65. The van der Waals surface area contributed by atoms with E-state index in [9.17, 15) is 4.39 Å². The number of halogens is 2. The van der Waals surface area contributed by atoms with Crippen LogP contribution in [0.1, 0.15) is 0 Å². The van der Waals surface area contributed by atoms with Gasteiger partial charge in [-0.1, -0.05) is 11.3 Å². The van der Waals surface area contributed by atoms with Crippen LogP contribution in [0.25, 0.3) is 20.9 Å². The molecule has 0 fully saturated rings. The third-order valence-corrected chi connectivity index (χ3v) is 4.51. The summed E-state index contributed by atoms with van der Waals surface area (Å²) in [6, 6.07) is 9.05. The second-order valence-corrected chi connectivity index (χ2v) is 6.62. The Hall–Kier alpha value is -1.28. The van der Waals surface area contributed by atoms with Crippen LogP contribution >= 0.6 is 33.9 Å². The molecule has 1 aromatic carbocycles. The lowest BCUT2D eigenvalue weighted by atomic mass is 10.2. The van der Waals surface area contributed by atoms with Gasteiger partial charge in [-0.25, -0.2) is 14.4 Å². The van der Waals surface area contributed by atoms with Crippen LogP contribution < -0.4 is 4.90 Å². The predicted octanol–water partition coefficient (Wildman–Crippen LogP) is 4.17. The first kappa shape index (κ1) is 13.7. The van der Waals surface area contributed by atoms with Gasteiger partial charge in [0.1, 0.15) is 24.9 Å². The minimum atomic E-state index is -0.241. The van der Waals surface area contributed by atoms with E-state index in [-0.39, 0.29) is 5.82 Å². The minimum absolute atomic E-state index is 0.241. The zero-order valence-corrected chi connectivity index (χ0v) is 13.9. The van der Waals surface area contributed by atoms with Crippen molar-refractivity contribution in [2.24, 2.45) is 0 Å². The third kappa shape index (κ3) is 2.49. The molecule has 3 rings (SSSR count). The summed E-state index contributed by atoms with van der Waals surface area (Å²) < 4.78 is 15.0. The monoisotopic (exact) mass is 399 g/mol. The Morgan fingerprint density at radius 3 is 2.65 bits per heavy atom. The van der Waals surface area contributed by atoms with E-state index in [1.807, 2.05) is 32.3 Å². The van der Waals surface area contributed by atoms with E-state index in [4.69, 9.17) is 0 Å². The van der Waals surface area contributed by atoms with E-state index in [0.717, 1.165) is 24.6 Å². The molecule has 3 nitrogen and oxygen atoms in total. The topological polar surface area (TPSA) is 29.0 Å². The second-order valence-electron chi connectivity index (χ2n) is 4.54. The highest BCUT2D eigenvalue weighted by molar-refractivity contribution is 14.1. The average molecular weight is 399 g/mol. The molecule has 0 saturated heterocycles. The van der Waals surface area contributed by atoms with Crippen molar-refractivity contribution in [2.75, 3.05) is 19.0 Å². The molecule has 3 aromatic rings. The normalized spacial score (nSPS) is 11.0. The molecular formula is C14H11FIN3S. The van der Waals surface area contributed by atoms with Gasteiger partial charge in [0.2, 0.25) is 0 Å². The molecule has 0 aliphatic heterocycles. The summed E-state index contributed by atoms with van der Waals surface area (Å²) in [5.41, 5.74) is 2.20. The highest BCUT2D eigenvalue weighted by atomic mass is 127. The quantitative estimate of drug-likeness (QED) is 0.479. The number of nitrogens with zero attached hydrogens (tertiary/aromatic N) is 3. The lowest BCUT2D eigenvalue weighted by Crippen LogP contribution is -2.10. The molecule has 2 aromatic heterocycles. The molecule has 0 aliphatic rings. The van der Waals surface area contributed by atoms with Crippen LogP contribution in [0.2, 0.25) is 0 Å². The third-order valence-electron chi connectivity index (χ3n) is 2.90. The van der Waals surface area contributed by atoms with E-state index in [0.29, 0.717) is 5.69 Å². The lowest BCUT2D eigenvalue weighted by molar-refractivity contribution is 0.626. The first-order valence-corrected chi connectivity index (χ1v) is 7.84. The smallest absolute Gasteiger partial charge is 0.147 e. The molecule has 0 unspecified atom stereocenters. The summed E-state index contributed by atoms with van der Waals surface area (Å²) in [5.74, 6) is -0.241. The maximum absolute atomic E-state index is 14.0. The van der Waals surface area contributed by atoms with Crippen LogP contribution in [0.4, 0.5) is 10.1 Å². The van der Waals surface area contributed by atoms with E-state index >= 15 is 0 Å². The molecule has 6 heteroatoms. The second kappa shape index (κ2) is 5.25. The molecule has 0 saturated carbocycles. The van der Waals surface area contributed by atoms with Gasteiger partial charge in [0.05, 0.1) is 5.69 Å². The van der Waals surface area contributed by atoms with Crippen molar-refractivity contribution in [1.29, 1.82) is 0 Å². The van der Waals surface area contributed by atoms with Gasteiger partial charge in [0.25, 0.3) is 0 Å². The number of hydrogen-bond acceptors (Lipinski definition) is 4. The lowest BCUT2D eigenvalue weighted by Gasteiger charge is -2.13. The van der Waals surface area contributed by atoms with Gasteiger partial charge in [-0.3, -0.25) is 0 Å². The van der Waals surface area contributed by atoms with E-state index in [1.165, 1.54) is 17.4 Å². The van der Waals surface area contributed by atoms with Gasteiger partial charge in [0, 0.05) is 19.7 Å². The van der Waals surface area contributed by atoms with Crippen molar-refractivity contribution in [3.05, 3.63) is 39.8 Å². The first-order chi connectivity index (χ1) is 9.54. The van der Waals surface area contributed by atoms with E-state index < -0.39 is 0 Å². The van der Waals surface area contributed by atoms with Gasteiger partial charge in [-0.05, 0) is 52.9 Å². The number of hydrogen-bond donors (Lipinski definition) is 0. The zero-order valence-electron chi connectivity index (χ0n) is 10.9. The molecule has 0 aliphatic carbocycles. The number of rotatable bonds is 2. The van der Waals surface area contributed by atoms with Crippen LogP contribution in [0, 0.1) is 9.52 Å². The summed E-state index contributed by atoms with van der Waals surface area (Å²) in [7, 11) is 3.64. The predicted molar refractivity (Wildman–Crippen MR) is 89.9 cm³/mol. The van der Waals surface area contributed by atoms with Crippen molar-refractivity contribution in [3.63, 3.8) is 0 Å². The van der Waals surface area contributed by atoms with Gasteiger partial charge >= 0.3 is 0 Å². The number of benzene rings is 1. The van der Waals surface area contributed by atoms with Crippen LogP contribution in [-0.2, 0) is 0 Å². The Morgan fingerprint density at radius 2 is 1.95 bits per heavy atom. The molecular weight excluding hydrogens is 388 g/mol. The van der Waals surface area contributed by atoms with Gasteiger partial charge < -0.3 is 4.90 Å². The number of thiazole rings is 1. The van der Waals surface area contributed by atoms with Crippen LogP contribution in [0.15, 0.2) is 30.3 Å². The van der Waals surface area contributed by atoms with Crippen LogP contribution in [0.3, 0.4) is 0 Å². The average Bonchev–Trinajstić information content (AvgIpc) is 2.81. The van der Waals surface area contributed by atoms with Crippen molar-refractivity contribution in [3.8, 4) is 10.6 Å². The molecule has 20 heavy (non-hydrogen) atoms. The largest absolute Gasteiger partial charge is 0.375 e. The summed E-state index contributed by atoms with van der Waals surface area (Å²) in [4.78, 5) is 11.6. The fourth-order valence-electron chi connectivity index (χ4n) is 1.92. The van der Waals surface area contributed by atoms with Crippen molar-refractivity contribution in [1.82, 2.24) is 9.97 Å². The van der Waals surface area contributed by atoms with Crippen LogP contribution in [0.5, 0.6) is 0 Å². The fourth-order valence-corrected chi connectivity index (χ4v) is 3.44. The SMILES string of the molecule is CN(C)c1ccc(-c2nc3ccc(I)nc3s2)cc1F. The molecule has 0 radical (unpaired) electrons. The van der Waals surface area contributed by atoms with Gasteiger partial charge in [-0.2, -0.15) is 0 Å². The summed E-state index contributed by atoms with van der Waals surface area (Å²) in [6.45, 7) is 0. The van der Waals surface area contributed by atoms with Gasteiger partial charge in [0.15, 0.2) is 0 Å². The number of aromatic nitrogens is 2. The van der Waals surface area contributed by atoms with Crippen molar-refractivity contribution < 1.29 is 4.39 Å². The van der Waals surface area contributed by atoms with Crippen molar-refractivity contribution in [2.45, 2.75) is 0 Å².